The van der Waals surface area contributed by atoms with E-state index in [-0.39, 0.29) is 0 Å². The molecule has 2 atom stereocenters. The van der Waals surface area contributed by atoms with Crippen LogP contribution in [0.2, 0.25) is 0 Å². The monoisotopic (exact) mass is 505 g/mol. The van der Waals surface area contributed by atoms with Crippen LogP contribution in [-0.2, 0) is 16.2 Å². The Labute approximate surface area is 204 Å². The predicted octanol–water partition coefficient (Wildman–Crippen LogP) is 2.82. The molecule has 174 valence electrons. The first-order valence-corrected chi connectivity index (χ1v) is 12.1. The lowest BCUT2D eigenvalue weighted by atomic mass is 9.94. The van der Waals surface area contributed by atoms with E-state index >= 15 is 0 Å². The summed E-state index contributed by atoms with van der Waals surface area (Å²) in [7, 11) is 0. The molecule has 6 aromatic rings. The fourth-order valence-corrected chi connectivity index (χ4v) is 5.75. The minimum absolute atomic E-state index is 0.413. The van der Waals surface area contributed by atoms with Crippen LogP contribution < -0.4 is 9.96 Å². The highest BCUT2D eigenvalue weighted by Crippen LogP contribution is 2.57. The Morgan fingerprint density at radius 2 is 1.94 bits per heavy atom. The Hall–Kier alpha value is -4.34. The van der Waals surface area contributed by atoms with Gasteiger partial charge in [0.1, 0.15) is 5.69 Å². The van der Waals surface area contributed by atoms with Gasteiger partial charge in [0, 0.05) is 47.0 Å². The fraction of sp³-hybridized carbons (Fsp3) is 0.100. The molecule has 7 heterocycles. The van der Waals surface area contributed by atoms with Crippen molar-refractivity contribution in [2.75, 3.05) is 9.96 Å². The molecule has 6 aromatic heterocycles. The van der Waals surface area contributed by atoms with E-state index in [2.05, 4.69) is 35.5 Å². The number of thiazole rings is 1. The van der Waals surface area contributed by atoms with Crippen molar-refractivity contribution in [1.82, 2.24) is 44.9 Å². The molecule has 0 amide bonds. The zero-order chi connectivity index (χ0) is 23.3. The third-order valence-corrected chi connectivity index (χ3v) is 7.10. The zero-order valence-electron chi connectivity index (χ0n) is 17.6. The van der Waals surface area contributed by atoms with Crippen LogP contribution in [0.5, 0.6) is 0 Å². The summed E-state index contributed by atoms with van der Waals surface area (Å²) in [6.07, 6.45) is 10.1. The number of hydroxylamine groups is 1. The number of nitrogens with zero attached hydrogens (tertiary/aromatic N) is 8. The molecule has 0 bridgehead atoms. The Morgan fingerprint density at radius 3 is 2.60 bits per heavy atom. The normalized spacial score (nSPS) is 22.3. The number of rotatable bonds is 6. The van der Waals surface area contributed by atoms with Gasteiger partial charge in [0.05, 0.1) is 11.4 Å². The molecular weight excluding hydrogens is 490 g/mol. The van der Waals surface area contributed by atoms with Crippen molar-refractivity contribution in [2.45, 2.75) is 11.4 Å². The average Bonchev–Trinajstić information content (AvgIpc) is 3.71. The molecule has 2 unspecified atom stereocenters. The van der Waals surface area contributed by atoms with Crippen molar-refractivity contribution in [3.63, 3.8) is 0 Å². The second-order valence-corrected chi connectivity index (χ2v) is 9.03. The minimum Gasteiger partial charge on any atom is -0.361 e. The first-order chi connectivity index (χ1) is 17.3. The van der Waals surface area contributed by atoms with Gasteiger partial charge in [-0.25, -0.2) is 14.8 Å². The lowest BCUT2D eigenvalue weighted by Crippen LogP contribution is -2.57. The quantitative estimate of drug-likeness (QED) is 0.308. The summed E-state index contributed by atoms with van der Waals surface area (Å²) >= 11 is 2.74. The van der Waals surface area contributed by atoms with Gasteiger partial charge in [-0.3, -0.25) is 10.00 Å². The van der Waals surface area contributed by atoms with Gasteiger partial charge in [-0.1, -0.05) is 0 Å². The molecule has 1 aliphatic rings. The van der Waals surface area contributed by atoms with Crippen molar-refractivity contribution < 1.29 is 9.36 Å². The maximum atomic E-state index is 6.97. The zero-order valence-corrected chi connectivity index (χ0v) is 19.3. The van der Waals surface area contributed by atoms with E-state index in [1.54, 1.807) is 29.9 Å². The maximum absolute atomic E-state index is 6.97. The summed E-state index contributed by atoms with van der Waals surface area (Å²) in [6, 6.07) is 7.57. The number of H-pyrrole nitrogens is 3. The van der Waals surface area contributed by atoms with E-state index in [1.165, 1.54) is 29.1 Å². The second-order valence-electron chi connectivity index (χ2n) is 7.49. The van der Waals surface area contributed by atoms with Crippen LogP contribution in [0.25, 0.3) is 0 Å². The largest absolute Gasteiger partial charge is 0.361 e. The Kier molecular flexibility index (Phi) is 4.35. The Bertz CT molecular complexity index is 1410. The van der Waals surface area contributed by atoms with Gasteiger partial charge in [0.15, 0.2) is 17.1 Å². The maximum Gasteiger partial charge on any atom is 0.255 e. The van der Waals surface area contributed by atoms with E-state index in [0.29, 0.717) is 33.9 Å². The smallest absolute Gasteiger partial charge is 0.255 e. The highest BCUT2D eigenvalue weighted by molar-refractivity contribution is 7.13. The van der Waals surface area contributed by atoms with Crippen LogP contribution in [-0.4, -0.2) is 44.9 Å². The number of imidazole rings is 1. The van der Waals surface area contributed by atoms with Crippen molar-refractivity contribution in [1.29, 1.82) is 0 Å². The molecule has 35 heavy (non-hydrogen) atoms. The molecule has 0 aliphatic carbocycles. The van der Waals surface area contributed by atoms with Gasteiger partial charge < -0.3 is 14.5 Å². The molecular formula is C20H15N11O2S2. The lowest BCUT2D eigenvalue weighted by molar-refractivity contribution is 0.00543. The first kappa shape index (κ1) is 20.1. The van der Waals surface area contributed by atoms with Gasteiger partial charge in [-0.15, -0.1) is 16.4 Å². The molecule has 0 radical (unpaired) electrons. The molecule has 15 heteroatoms. The lowest BCUT2D eigenvalue weighted by Gasteiger charge is -2.41. The van der Waals surface area contributed by atoms with Crippen molar-refractivity contribution in [2.24, 2.45) is 0 Å². The molecule has 1 fully saturated rings. The van der Waals surface area contributed by atoms with Crippen LogP contribution in [0.3, 0.4) is 0 Å². The first-order valence-electron chi connectivity index (χ1n) is 10.4. The number of nitrogens with one attached hydrogen (secondary N) is 3. The van der Waals surface area contributed by atoms with Gasteiger partial charge in [-0.2, -0.15) is 14.5 Å². The fourth-order valence-electron chi connectivity index (χ4n) is 4.47. The van der Waals surface area contributed by atoms with E-state index in [1.807, 2.05) is 46.1 Å². The minimum atomic E-state index is -1.34. The molecule has 0 saturated carbocycles. The van der Waals surface area contributed by atoms with Gasteiger partial charge >= 0.3 is 0 Å². The Balaban J connectivity index is 1.65. The highest BCUT2D eigenvalue weighted by atomic mass is 32.1. The van der Waals surface area contributed by atoms with Gasteiger partial charge in [0.25, 0.3) is 5.72 Å². The van der Waals surface area contributed by atoms with Crippen LogP contribution in [0.4, 0.5) is 11.1 Å². The number of anilines is 2. The molecule has 1 saturated heterocycles. The SMILES string of the molecule is c1c[nH]c(C2(c3ccn[nH]3)ON(c3ncc[nH]3)C(c3conn3)(c3ccsn3)N2c2nccs2)c1. The number of aromatic nitrogens is 9. The molecule has 0 spiro atoms. The summed E-state index contributed by atoms with van der Waals surface area (Å²) < 4.78 is 10.0. The molecule has 13 nitrogen and oxygen atoms in total. The van der Waals surface area contributed by atoms with Crippen LogP contribution >= 0.6 is 22.9 Å². The van der Waals surface area contributed by atoms with Crippen LogP contribution in [0, 0.1) is 0 Å². The van der Waals surface area contributed by atoms with Crippen LogP contribution in [0.1, 0.15) is 22.8 Å². The number of hydrogen-bond donors (Lipinski definition) is 3. The molecule has 3 N–H and O–H groups in total. The van der Waals surface area contributed by atoms with E-state index < -0.39 is 11.4 Å². The average molecular weight is 506 g/mol. The highest BCUT2D eigenvalue weighted by Gasteiger charge is 2.70. The summed E-state index contributed by atoms with van der Waals surface area (Å²) in [5, 5.41) is 21.5. The van der Waals surface area contributed by atoms with Crippen LogP contribution in [0.15, 0.2) is 76.8 Å². The summed E-state index contributed by atoms with van der Waals surface area (Å²) in [5.41, 5.74) is -0.290. The molecule has 7 rings (SSSR count). The standard InChI is InChI=1S/C20H15N11O2S2/c1-2-14(21-5-1)20(15-3-6-25-26-15)30(18-24-9-11-34-18)19(13-4-10-35-28-13,16-12-32-29-27-16)31(33-20)17-22-7-8-23-17/h1-12,21H,(H,22,23)(H,25,26). The third kappa shape index (κ3) is 2.64. The van der Waals surface area contributed by atoms with Gasteiger partial charge in [0.2, 0.25) is 11.6 Å². The predicted molar refractivity (Wildman–Crippen MR) is 124 cm³/mol. The summed E-state index contributed by atoms with van der Waals surface area (Å²) in [4.78, 5) is 24.7. The van der Waals surface area contributed by atoms with Crippen molar-refractivity contribution in [3.8, 4) is 0 Å². The Morgan fingerprint density at radius 1 is 0.943 bits per heavy atom. The number of aromatic amines is 3. The summed E-state index contributed by atoms with van der Waals surface area (Å²) in [5.74, 6) is 0.413. The van der Waals surface area contributed by atoms with E-state index in [9.17, 15) is 0 Å². The topological polar surface area (TPSA) is 154 Å². The number of hydrogen-bond acceptors (Lipinski definition) is 12. The van der Waals surface area contributed by atoms with Crippen molar-refractivity contribution >= 4 is 33.9 Å². The molecule has 1 aliphatic heterocycles. The summed E-state index contributed by atoms with van der Waals surface area (Å²) in [6.45, 7) is 0. The van der Waals surface area contributed by atoms with Gasteiger partial charge in [-0.05, 0) is 35.8 Å². The van der Waals surface area contributed by atoms with E-state index in [0.717, 1.165) is 0 Å². The molecule has 0 aromatic carbocycles. The third-order valence-electron chi connectivity index (χ3n) is 5.78. The van der Waals surface area contributed by atoms with E-state index in [4.69, 9.17) is 18.7 Å². The second kappa shape index (κ2) is 7.59. The van der Waals surface area contributed by atoms with Crippen molar-refractivity contribution in [3.05, 3.63) is 95.0 Å².